The van der Waals surface area contributed by atoms with Crippen LogP contribution in [0.25, 0.3) is 0 Å². The van der Waals surface area contributed by atoms with Crippen LogP contribution in [0.2, 0.25) is 0 Å². The maximum absolute atomic E-state index is 12.2. The van der Waals surface area contributed by atoms with Gasteiger partial charge in [0.2, 0.25) is 5.91 Å². The highest BCUT2D eigenvalue weighted by Crippen LogP contribution is 2.29. The molecule has 2 rings (SSSR count). The summed E-state index contributed by atoms with van der Waals surface area (Å²) in [4.78, 5) is 12.2. The van der Waals surface area contributed by atoms with Gasteiger partial charge in [0.05, 0.1) is 11.1 Å². The highest BCUT2D eigenvalue weighted by molar-refractivity contribution is 5.83. The van der Waals surface area contributed by atoms with Crippen LogP contribution < -0.4 is 10.6 Å². The standard InChI is InChI=1S/C13H22N4O/c1-3-13(6-8-14-10-13)12(18)15-7-4-11-5-9-17(2)16-11/h5,9,14H,3-4,6-8,10H2,1-2H3,(H,15,18). The summed E-state index contributed by atoms with van der Waals surface area (Å²) in [5, 5.41) is 10.6. The molecule has 2 heterocycles. The molecular formula is C13H22N4O. The average Bonchev–Trinajstić information content (AvgIpc) is 2.99. The van der Waals surface area contributed by atoms with Gasteiger partial charge in [-0.25, -0.2) is 0 Å². The monoisotopic (exact) mass is 250 g/mol. The Kier molecular flexibility index (Phi) is 4.01. The molecule has 100 valence electrons. The van der Waals surface area contributed by atoms with E-state index in [2.05, 4.69) is 22.7 Å². The molecule has 1 amide bonds. The van der Waals surface area contributed by atoms with Gasteiger partial charge in [0, 0.05) is 32.8 Å². The molecule has 1 unspecified atom stereocenters. The molecule has 5 heteroatoms. The lowest BCUT2D eigenvalue weighted by Gasteiger charge is -2.25. The molecule has 1 aromatic rings. The zero-order chi connectivity index (χ0) is 13.0. The molecule has 1 fully saturated rings. The molecule has 0 aliphatic carbocycles. The molecule has 1 aromatic heterocycles. The van der Waals surface area contributed by atoms with Crippen molar-refractivity contribution in [2.75, 3.05) is 19.6 Å². The summed E-state index contributed by atoms with van der Waals surface area (Å²) in [5.74, 6) is 0.186. The molecule has 2 N–H and O–H groups in total. The number of aryl methyl sites for hydroxylation is 1. The van der Waals surface area contributed by atoms with Crippen molar-refractivity contribution in [3.05, 3.63) is 18.0 Å². The molecule has 1 aliphatic rings. The summed E-state index contributed by atoms with van der Waals surface area (Å²) < 4.78 is 1.78. The first-order valence-electron chi connectivity index (χ1n) is 6.64. The first kappa shape index (κ1) is 13.1. The van der Waals surface area contributed by atoms with Gasteiger partial charge in [0.15, 0.2) is 0 Å². The van der Waals surface area contributed by atoms with E-state index in [0.717, 1.165) is 38.0 Å². The molecule has 18 heavy (non-hydrogen) atoms. The van der Waals surface area contributed by atoms with Gasteiger partial charge >= 0.3 is 0 Å². The second-order valence-corrected chi connectivity index (χ2v) is 5.05. The third-order valence-corrected chi connectivity index (χ3v) is 3.84. The zero-order valence-corrected chi connectivity index (χ0v) is 11.2. The van der Waals surface area contributed by atoms with Crippen LogP contribution in [0.4, 0.5) is 0 Å². The van der Waals surface area contributed by atoms with E-state index < -0.39 is 0 Å². The van der Waals surface area contributed by atoms with Crippen molar-refractivity contribution in [2.24, 2.45) is 12.5 Å². The van der Waals surface area contributed by atoms with Gasteiger partial charge in [-0.15, -0.1) is 0 Å². The topological polar surface area (TPSA) is 59.0 Å². The van der Waals surface area contributed by atoms with Crippen molar-refractivity contribution in [1.29, 1.82) is 0 Å². The van der Waals surface area contributed by atoms with Crippen molar-refractivity contribution in [3.8, 4) is 0 Å². The largest absolute Gasteiger partial charge is 0.355 e. The fourth-order valence-corrected chi connectivity index (χ4v) is 2.49. The third-order valence-electron chi connectivity index (χ3n) is 3.84. The van der Waals surface area contributed by atoms with Crippen molar-refractivity contribution >= 4 is 5.91 Å². The quantitative estimate of drug-likeness (QED) is 0.798. The van der Waals surface area contributed by atoms with Gasteiger partial charge in [-0.2, -0.15) is 5.10 Å². The number of hydrogen-bond donors (Lipinski definition) is 2. The van der Waals surface area contributed by atoms with Crippen molar-refractivity contribution < 1.29 is 4.79 Å². The van der Waals surface area contributed by atoms with Gasteiger partial charge < -0.3 is 10.6 Å². The SMILES string of the molecule is CCC1(C(=O)NCCc2ccn(C)n2)CCNC1. The minimum atomic E-state index is -0.190. The van der Waals surface area contributed by atoms with E-state index >= 15 is 0 Å². The number of nitrogens with zero attached hydrogens (tertiary/aromatic N) is 2. The van der Waals surface area contributed by atoms with E-state index in [1.807, 2.05) is 19.3 Å². The lowest BCUT2D eigenvalue weighted by Crippen LogP contribution is -2.42. The Labute approximate surface area is 108 Å². The predicted octanol–water partition coefficient (Wildman–Crippen LogP) is 0.469. The lowest BCUT2D eigenvalue weighted by molar-refractivity contribution is -0.130. The fourth-order valence-electron chi connectivity index (χ4n) is 2.49. The van der Waals surface area contributed by atoms with Gasteiger partial charge in [-0.1, -0.05) is 6.92 Å². The van der Waals surface area contributed by atoms with E-state index in [9.17, 15) is 4.79 Å². The molecule has 1 aliphatic heterocycles. The Morgan fingerprint density at radius 1 is 1.67 bits per heavy atom. The number of amides is 1. The zero-order valence-electron chi connectivity index (χ0n) is 11.2. The number of rotatable bonds is 5. The van der Waals surface area contributed by atoms with Crippen LogP contribution in [0.3, 0.4) is 0 Å². The number of nitrogens with one attached hydrogen (secondary N) is 2. The smallest absolute Gasteiger partial charge is 0.227 e. The Bertz CT molecular complexity index is 407. The molecule has 5 nitrogen and oxygen atoms in total. The second kappa shape index (κ2) is 5.52. The molecule has 1 atom stereocenters. The minimum Gasteiger partial charge on any atom is -0.355 e. The number of carbonyl (C=O) groups is 1. The molecule has 0 spiro atoms. The second-order valence-electron chi connectivity index (χ2n) is 5.05. The van der Waals surface area contributed by atoms with E-state index in [1.54, 1.807) is 4.68 Å². The van der Waals surface area contributed by atoms with Crippen LogP contribution in [-0.2, 0) is 18.3 Å². The summed E-state index contributed by atoms with van der Waals surface area (Å²) in [6, 6.07) is 1.98. The van der Waals surface area contributed by atoms with Crippen molar-refractivity contribution in [1.82, 2.24) is 20.4 Å². The third kappa shape index (κ3) is 2.72. The fraction of sp³-hybridized carbons (Fsp3) is 0.692. The molecule has 1 saturated heterocycles. The summed E-state index contributed by atoms with van der Waals surface area (Å²) in [7, 11) is 1.90. The molecule has 0 aromatic carbocycles. The van der Waals surface area contributed by atoms with E-state index in [0.29, 0.717) is 6.54 Å². The van der Waals surface area contributed by atoms with E-state index in [4.69, 9.17) is 0 Å². The maximum atomic E-state index is 12.2. The first-order valence-corrected chi connectivity index (χ1v) is 6.64. The van der Waals surface area contributed by atoms with E-state index in [-0.39, 0.29) is 11.3 Å². The molecule has 0 bridgehead atoms. The van der Waals surface area contributed by atoms with Crippen LogP contribution in [0.1, 0.15) is 25.5 Å². The van der Waals surface area contributed by atoms with Gasteiger partial charge in [-0.05, 0) is 25.5 Å². The predicted molar refractivity (Wildman–Crippen MR) is 70.1 cm³/mol. The van der Waals surface area contributed by atoms with Gasteiger partial charge in [0.1, 0.15) is 0 Å². The van der Waals surface area contributed by atoms with Crippen molar-refractivity contribution in [3.63, 3.8) is 0 Å². The van der Waals surface area contributed by atoms with Crippen LogP contribution in [-0.4, -0.2) is 35.3 Å². The normalized spacial score (nSPS) is 23.2. The van der Waals surface area contributed by atoms with Crippen molar-refractivity contribution in [2.45, 2.75) is 26.2 Å². The highest BCUT2D eigenvalue weighted by Gasteiger charge is 2.38. The lowest BCUT2D eigenvalue weighted by atomic mass is 9.83. The maximum Gasteiger partial charge on any atom is 0.227 e. The highest BCUT2D eigenvalue weighted by atomic mass is 16.2. The number of carbonyl (C=O) groups excluding carboxylic acids is 1. The minimum absolute atomic E-state index is 0.186. The van der Waals surface area contributed by atoms with Gasteiger partial charge in [-0.3, -0.25) is 9.48 Å². The Hall–Kier alpha value is -1.36. The Morgan fingerprint density at radius 2 is 2.50 bits per heavy atom. The number of hydrogen-bond acceptors (Lipinski definition) is 3. The van der Waals surface area contributed by atoms with Crippen LogP contribution >= 0.6 is 0 Å². The van der Waals surface area contributed by atoms with Crippen LogP contribution in [0.15, 0.2) is 12.3 Å². The van der Waals surface area contributed by atoms with Crippen LogP contribution in [0.5, 0.6) is 0 Å². The number of aromatic nitrogens is 2. The van der Waals surface area contributed by atoms with E-state index in [1.165, 1.54) is 0 Å². The van der Waals surface area contributed by atoms with Gasteiger partial charge in [0.25, 0.3) is 0 Å². The molecule has 0 saturated carbocycles. The first-order chi connectivity index (χ1) is 8.66. The average molecular weight is 250 g/mol. The summed E-state index contributed by atoms with van der Waals surface area (Å²) in [6.07, 6.45) is 4.56. The van der Waals surface area contributed by atoms with Crippen LogP contribution in [0, 0.1) is 5.41 Å². The molecular weight excluding hydrogens is 228 g/mol. The summed E-state index contributed by atoms with van der Waals surface area (Å²) >= 11 is 0. The Balaban J connectivity index is 1.81. The summed E-state index contributed by atoms with van der Waals surface area (Å²) in [5.41, 5.74) is 0.831. The molecule has 0 radical (unpaired) electrons. The summed E-state index contributed by atoms with van der Waals surface area (Å²) in [6.45, 7) is 4.50. The Morgan fingerprint density at radius 3 is 3.06 bits per heavy atom.